The van der Waals surface area contributed by atoms with Gasteiger partial charge in [-0.25, -0.2) is 0 Å². The van der Waals surface area contributed by atoms with E-state index in [9.17, 15) is 0 Å². The summed E-state index contributed by atoms with van der Waals surface area (Å²) in [4.78, 5) is 4.89. The van der Waals surface area contributed by atoms with Crippen LogP contribution in [0.25, 0.3) is 0 Å². The van der Waals surface area contributed by atoms with Gasteiger partial charge in [-0.2, -0.15) is 4.73 Å². The molecular weight excluding hydrogens is 148 g/mol. The predicted molar refractivity (Wildman–Crippen MR) is 39.0 cm³/mol. The highest BCUT2D eigenvalue weighted by Crippen LogP contribution is 2.14. The Morgan fingerprint density at radius 2 is 2.36 bits per heavy atom. The van der Waals surface area contributed by atoms with Gasteiger partial charge in [0.25, 0.3) is 0 Å². The predicted octanol–water partition coefficient (Wildman–Crippen LogP) is -0.803. The molecule has 0 amide bonds. The van der Waals surface area contributed by atoms with Crippen LogP contribution in [0.2, 0.25) is 0 Å². The first kappa shape index (κ1) is 7.74. The van der Waals surface area contributed by atoms with E-state index < -0.39 is 0 Å². The fraction of sp³-hybridized carbons (Fsp3) is 0.333. The Morgan fingerprint density at radius 1 is 1.64 bits per heavy atom. The number of aliphatic hydroxyl groups is 1. The van der Waals surface area contributed by atoms with E-state index in [2.05, 4.69) is 0 Å². The number of nitrogens with zero attached hydrogens (tertiary/aromatic N) is 1. The second-order valence-corrected chi connectivity index (χ2v) is 2.01. The van der Waals surface area contributed by atoms with Gasteiger partial charge in [0.05, 0.1) is 12.8 Å². The van der Waals surface area contributed by atoms with Crippen LogP contribution in [0.5, 0.6) is 5.75 Å². The number of aromatic nitrogens is 1. The fourth-order valence-corrected chi connectivity index (χ4v) is 0.698. The number of hydrogen-bond donors (Lipinski definition) is 3. The van der Waals surface area contributed by atoms with Gasteiger partial charge in [-0.15, -0.1) is 0 Å². The average molecular weight is 158 g/mol. The highest BCUT2D eigenvalue weighted by Gasteiger charge is 2.00. The molecular formula is C6H10N2O3. The summed E-state index contributed by atoms with van der Waals surface area (Å²) in [6.45, 7) is 0.0662. The second kappa shape index (κ2) is 3.16. The van der Waals surface area contributed by atoms with Crippen LogP contribution < -0.4 is 10.6 Å². The average Bonchev–Trinajstić information content (AvgIpc) is 2.26. The summed E-state index contributed by atoms with van der Waals surface area (Å²) < 4.78 is 1.20. The maximum atomic E-state index is 8.89. The molecule has 1 rings (SSSR count). The van der Waals surface area contributed by atoms with Crippen LogP contribution in [-0.2, 0) is 0 Å². The molecule has 1 aromatic rings. The minimum Gasteiger partial charge on any atom is -0.506 e. The Bertz CT molecular complexity index is 234. The maximum absolute atomic E-state index is 8.89. The number of rotatable bonds is 3. The molecule has 4 N–H and O–H groups in total. The first-order valence-corrected chi connectivity index (χ1v) is 3.15. The van der Waals surface area contributed by atoms with Crippen LogP contribution in [0.3, 0.4) is 0 Å². The lowest BCUT2D eigenvalue weighted by molar-refractivity contribution is 0.0791. The van der Waals surface area contributed by atoms with E-state index in [1.807, 2.05) is 0 Å². The zero-order chi connectivity index (χ0) is 8.27. The molecule has 0 bridgehead atoms. The molecule has 5 nitrogen and oxygen atoms in total. The van der Waals surface area contributed by atoms with E-state index in [-0.39, 0.29) is 19.0 Å². The molecule has 0 unspecified atom stereocenters. The summed E-state index contributed by atoms with van der Waals surface area (Å²) in [5.74, 6) is 0.344. The molecule has 0 saturated carbocycles. The van der Waals surface area contributed by atoms with Gasteiger partial charge in [0.1, 0.15) is 18.2 Å². The molecule has 0 atom stereocenters. The molecule has 0 saturated heterocycles. The van der Waals surface area contributed by atoms with Crippen molar-refractivity contribution in [2.24, 2.45) is 0 Å². The Hall–Kier alpha value is -1.36. The van der Waals surface area contributed by atoms with Crippen molar-refractivity contribution in [1.82, 2.24) is 4.73 Å². The molecule has 1 aromatic heterocycles. The third-order valence-corrected chi connectivity index (χ3v) is 1.12. The monoisotopic (exact) mass is 158 g/mol. The molecule has 1 heterocycles. The lowest BCUT2D eigenvalue weighted by Crippen LogP contribution is -2.15. The van der Waals surface area contributed by atoms with E-state index in [1.54, 1.807) is 0 Å². The highest BCUT2D eigenvalue weighted by molar-refractivity contribution is 5.37. The largest absolute Gasteiger partial charge is 0.506 e. The molecule has 0 aliphatic carbocycles. The first-order valence-electron chi connectivity index (χ1n) is 3.15. The quantitative estimate of drug-likeness (QED) is 0.537. The van der Waals surface area contributed by atoms with Crippen LogP contribution in [0.4, 0.5) is 5.82 Å². The third-order valence-electron chi connectivity index (χ3n) is 1.12. The van der Waals surface area contributed by atoms with E-state index in [0.29, 0.717) is 5.82 Å². The zero-order valence-corrected chi connectivity index (χ0v) is 5.90. The highest BCUT2D eigenvalue weighted by atomic mass is 16.7. The summed E-state index contributed by atoms with van der Waals surface area (Å²) >= 11 is 0. The summed E-state index contributed by atoms with van der Waals surface area (Å²) in [6.07, 6.45) is 1.32. The van der Waals surface area contributed by atoms with Gasteiger partial charge >= 0.3 is 0 Å². The van der Waals surface area contributed by atoms with Crippen molar-refractivity contribution in [3.05, 3.63) is 12.3 Å². The molecule has 0 aliphatic heterocycles. The second-order valence-electron chi connectivity index (χ2n) is 2.01. The van der Waals surface area contributed by atoms with Gasteiger partial charge in [0, 0.05) is 6.07 Å². The third kappa shape index (κ3) is 1.78. The normalized spacial score (nSPS) is 9.91. The SMILES string of the molecule is Nc1cc(O)cn1OCCO. The van der Waals surface area contributed by atoms with Gasteiger partial charge in [-0.05, 0) is 0 Å². The molecule has 0 fully saturated rings. The first-order chi connectivity index (χ1) is 5.24. The number of aromatic hydroxyl groups is 1. The number of anilines is 1. The number of nitrogen functional groups attached to an aromatic ring is 1. The Kier molecular flexibility index (Phi) is 2.22. The lowest BCUT2D eigenvalue weighted by Gasteiger charge is -2.04. The van der Waals surface area contributed by atoms with E-state index in [0.717, 1.165) is 0 Å². The smallest absolute Gasteiger partial charge is 0.143 e. The summed E-state index contributed by atoms with van der Waals surface area (Å²) in [7, 11) is 0. The van der Waals surface area contributed by atoms with Crippen molar-refractivity contribution in [1.29, 1.82) is 0 Å². The van der Waals surface area contributed by atoms with Gasteiger partial charge in [0.2, 0.25) is 0 Å². The van der Waals surface area contributed by atoms with Crippen molar-refractivity contribution in [2.45, 2.75) is 0 Å². The van der Waals surface area contributed by atoms with Crippen LogP contribution >= 0.6 is 0 Å². The molecule has 0 aromatic carbocycles. The summed E-state index contributed by atoms with van der Waals surface area (Å²) in [5.41, 5.74) is 5.38. The fourth-order valence-electron chi connectivity index (χ4n) is 0.698. The van der Waals surface area contributed by atoms with Crippen LogP contribution in [0, 0.1) is 0 Å². The minimum atomic E-state index is -0.0849. The molecule has 0 radical (unpaired) electrons. The zero-order valence-electron chi connectivity index (χ0n) is 5.90. The van der Waals surface area contributed by atoms with Crippen molar-refractivity contribution < 1.29 is 15.1 Å². The molecule has 11 heavy (non-hydrogen) atoms. The van der Waals surface area contributed by atoms with Crippen LogP contribution in [0.1, 0.15) is 0 Å². The van der Waals surface area contributed by atoms with Gasteiger partial charge in [-0.3, -0.25) is 0 Å². The number of nitrogens with two attached hydrogens (primary N) is 1. The molecule has 0 spiro atoms. The summed E-state index contributed by atoms with van der Waals surface area (Å²) in [5, 5.41) is 17.3. The Balaban J connectivity index is 2.62. The van der Waals surface area contributed by atoms with E-state index in [4.69, 9.17) is 20.8 Å². The van der Waals surface area contributed by atoms with E-state index >= 15 is 0 Å². The van der Waals surface area contributed by atoms with E-state index in [1.165, 1.54) is 17.0 Å². The van der Waals surface area contributed by atoms with Crippen LogP contribution in [-0.4, -0.2) is 28.2 Å². The van der Waals surface area contributed by atoms with Gasteiger partial charge < -0.3 is 20.8 Å². The van der Waals surface area contributed by atoms with Gasteiger partial charge in [-0.1, -0.05) is 0 Å². The minimum absolute atomic E-state index is 0.0421. The van der Waals surface area contributed by atoms with Gasteiger partial charge in [0.15, 0.2) is 0 Å². The van der Waals surface area contributed by atoms with Crippen molar-refractivity contribution >= 4 is 5.82 Å². The topological polar surface area (TPSA) is 80.6 Å². The molecule has 5 heteroatoms. The van der Waals surface area contributed by atoms with Crippen molar-refractivity contribution in [2.75, 3.05) is 18.9 Å². The Morgan fingerprint density at radius 3 is 2.82 bits per heavy atom. The summed E-state index contributed by atoms with van der Waals surface area (Å²) in [6, 6.07) is 1.36. The number of aliphatic hydroxyl groups excluding tert-OH is 1. The molecule has 62 valence electrons. The van der Waals surface area contributed by atoms with Crippen molar-refractivity contribution in [3.8, 4) is 5.75 Å². The lowest BCUT2D eigenvalue weighted by atomic mass is 10.6. The van der Waals surface area contributed by atoms with Crippen molar-refractivity contribution in [3.63, 3.8) is 0 Å². The standard InChI is InChI=1S/C6H10N2O3/c7-6-3-5(10)4-8(6)11-2-1-9/h3-4,9-10H,1-2,7H2. The molecule has 0 aliphatic rings. The van der Waals surface area contributed by atoms with Crippen LogP contribution in [0.15, 0.2) is 12.3 Å². The maximum Gasteiger partial charge on any atom is 0.143 e. The number of hydrogen-bond acceptors (Lipinski definition) is 4. The Labute approximate surface area is 63.6 Å².